The number of hydrogen-bond acceptors (Lipinski definition) is 4. The van der Waals surface area contributed by atoms with Crippen molar-refractivity contribution in [2.24, 2.45) is 0 Å². The van der Waals surface area contributed by atoms with E-state index in [2.05, 4.69) is 5.32 Å². The first-order valence-electron chi connectivity index (χ1n) is 6.35. The molecule has 2 atom stereocenters. The van der Waals surface area contributed by atoms with E-state index in [9.17, 15) is 9.59 Å². The van der Waals surface area contributed by atoms with Crippen molar-refractivity contribution < 1.29 is 19.4 Å². The van der Waals surface area contributed by atoms with Crippen LogP contribution in [0.1, 0.15) is 35.5 Å². The van der Waals surface area contributed by atoms with E-state index in [1.165, 1.54) is 17.4 Å². The van der Waals surface area contributed by atoms with Crippen LogP contribution in [-0.4, -0.2) is 35.2 Å². The van der Waals surface area contributed by atoms with Crippen LogP contribution in [0.15, 0.2) is 17.5 Å². The van der Waals surface area contributed by atoms with E-state index in [0.717, 1.165) is 12.5 Å². The summed E-state index contributed by atoms with van der Waals surface area (Å²) in [6, 6.07) is 1.73. The van der Waals surface area contributed by atoms with Crippen LogP contribution in [0.25, 0.3) is 6.08 Å². The Labute approximate surface area is 121 Å². The van der Waals surface area contributed by atoms with E-state index in [0.29, 0.717) is 17.0 Å². The minimum Gasteiger partial charge on any atom is -0.478 e. The van der Waals surface area contributed by atoms with E-state index in [-0.39, 0.29) is 17.6 Å². The third kappa shape index (κ3) is 3.08. The predicted octanol–water partition coefficient (Wildman–Crippen LogP) is 2.14. The summed E-state index contributed by atoms with van der Waals surface area (Å²) in [5, 5.41) is 13.4. The fraction of sp³-hybridized carbons (Fsp3) is 0.429. The molecule has 20 heavy (non-hydrogen) atoms. The maximum absolute atomic E-state index is 12.3. The highest BCUT2D eigenvalue weighted by molar-refractivity contribution is 7.12. The lowest BCUT2D eigenvalue weighted by molar-refractivity contribution is -0.131. The summed E-state index contributed by atoms with van der Waals surface area (Å²) in [5.74, 6) is -1.22. The number of ether oxygens (including phenoxy) is 1. The topological polar surface area (TPSA) is 75.6 Å². The van der Waals surface area contributed by atoms with Crippen LogP contribution in [-0.2, 0) is 9.53 Å². The molecule has 0 spiro atoms. The van der Waals surface area contributed by atoms with Crippen molar-refractivity contribution in [1.29, 1.82) is 0 Å². The average Bonchev–Trinajstić information content (AvgIpc) is 2.95. The van der Waals surface area contributed by atoms with Crippen LogP contribution < -0.4 is 5.32 Å². The highest BCUT2D eigenvalue weighted by Gasteiger charge is 2.38. The van der Waals surface area contributed by atoms with E-state index in [4.69, 9.17) is 9.84 Å². The molecule has 1 aliphatic heterocycles. The number of thiophene rings is 1. The molecule has 1 aromatic heterocycles. The third-order valence-electron chi connectivity index (χ3n) is 3.59. The van der Waals surface area contributed by atoms with Gasteiger partial charge in [-0.05, 0) is 43.4 Å². The number of aliphatic carboxylic acids is 1. The Hall–Kier alpha value is -1.66. The molecule has 1 aromatic rings. The zero-order chi connectivity index (χ0) is 14.8. The quantitative estimate of drug-likeness (QED) is 0.835. The minimum absolute atomic E-state index is 0.0376. The Morgan fingerprint density at radius 2 is 2.35 bits per heavy atom. The van der Waals surface area contributed by atoms with Gasteiger partial charge in [-0.1, -0.05) is 0 Å². The monoisotopic (exact) mass is 295 g/mol. The molecule has 2 N–H and O–H groups in total. The molecule has 1 fully saturated rings. The van der Waals surface area contributed by atoms with Crippen LogP contribution in [0.4, 0.5) is 0 Å². The molecule has 2 unspecified atom stereocenters. The highest BCUT2D eigenvalue weighted by Crippen LogP contribution is 2.27. The van der Waals surface area contributed by atoms with Crippen molar-refractivity contribution in [3.05, 3.63) is 28.0 Å². The number of carbonyl (C=O) groups is 2. The van der Waals surface area contributed by atoms with Gasteiger partial charge in [0.25, 0.3) is 5.91 Å². The molecule has 0 radical (unpaired) electrons. The summed E-state index contributed by atoms with van der Waals surface area (Å²) in [5.41, 5.74) is 0.236. The summed E-state index contributed by atoms with van der Waals surface area (Å²) >= 11 is 1.30. The van der Waals surface area contributed by atoms with Gasteiger partial charge in [0.05, 0.1) is 16.5 Å². The summed E-state index contributed by atoms with van der Waals surface area (Å²) in [6.45, 7) is 4.53. The Morgan fingerprint density at radius 3 is 2.95 bits per heavy atom. The number of carboxylic acids is 1. The highest BCUT2D eigenvalue weighted by atomic mass is 32.1. The predicted molar refractivity (Wildman–Crippen MR) is 76.9 cm³/mol. The van der Waals surface area contributed by atoms with Gasteiger partial charge in [0.1, 0.15) is 0 Å². The molecule has 1 aliphatic rings. The van der Waals surface area contributed by atoms with Crippen molar-refractivity contribution >= 4 is 29.3 Å². The second kappa shape index (κ2) is 5.76. The van der Waals surface area contributed by atoms with Crippen molar-refractivity contribution in [2.45, 2.75) is 31.9 Å². The lowest BCUT2D eigenvalue weighted by Gasteiger charge is -2.28. The normalized spacial score (nSPS) is 26.0. The van der Waals surface area contributed by atoms with Gasteiger partial charge in [-0.15, -0.1) is 11.3 Å². The fourth-order valence-corrected chi connectivity index (χ4v) is 2.89. The number of hydrogen-bond donors (Lipinski definition) is 2. The fourth-order valence-electron chi connectivity index (χ4n) is 2.11. The van der Waals surface area contributed by atoms with E-state index < -0.39 is 5.97 Å². The largest absolute Gasteiger partial charge is 0.478 e. The maximum Gasteiger partial charge on any atom is 0.328 e. The van der Waals surface area contributed by atoms with Crippen molar-refractivity contribution in [3.63, 3.8) is 0 Å². The van der Waals surface area contributed by atoms with Gasteiger partial charge in [-0.25, -0.2) is 4.79 Å². The Morgan fingerprint density at radius 1 is 1.60 bits per heavy atom. The lowest BCUT2D eigenvalue weighted by atomic mass is 9.94. The molecule has 0 bridgehead atoms. The second-order valence-electron chi connectivity index (χ2n) is 5.01. The molecular weight excluding hydrogens is 278 g/mol. The number of amides is 1. The minimum atomic E-state index is -1.03. The zero-order valence-electron chi connectivity index (χ0n) is 11.4. The first-order chi connectivity index (χ1) is 9.42. The van der Waals surface area contributed by atoms with Crippen LogP contribution >= 0.6 is 11.3 Å². The molecule has 2 rings (SSSR count). The van der Waals surface area contributed by atoms with Gasteiger partial charge in [-0.2, -0.15) is 0 Å². The molecule has 1 saturated heterocycles. The van der Waals surface area contributed by atoms with Crippen molar-refractivity contribution in [1.82, 2.24) is 5.32 Å². The third-order valence-corrected chi connectivity index (χ3v) is 4.52. The Kier molecular flexibility index (Phi) is 4.25. The van der Waals surface area contributed by atoms with Crippen molar-refractivity contribution in [2.75, 3.05) is 6.61 Å². The zero-order valence-corrected chi connectivity index (χ0v) is 12.2. The molecule has 0 aromatic carbocycles. The first kappa shape index (κ1) is 14.7. The van der Waals surface area contributed by atoms with Gasteiger partial charge in [0.2, 0.25) is 0 Å². The summed E-state index contributed by atoms with van der Waals surface area (Å²) in [4.78, 5) is 23.4. The molecule has 6 heteroatoms. The first-order valence-corrected chi connectivity index (χ1v) is 7.23. The SMILES string of the molecule is CC1OCCC1(C)NC(=O)c1sccc1/C=C/C(=O)O. The van der Waals surface area contributed by atoms with Gasteiger partial charge < -0.3 is 15.2 Å². The van der Waals surface area contributed by atoms with E-state index in [1.54, 1.807) is 11.4 Å². The Balaban J connectivity index is 2.14. The Bertz CT molecular complexity index is 551. The van der Waals surface area contributed by atoms with E-state index in [1.807, 2.05) is 13.8 Å². The molecule has 1 amide bonds. The molecule has 0 saturated carbocycles. The summed E-state index contributed by atoms with van der Waals surface area (Å²) < 4.78 is 5.49. The number of carboxylic acid groups (broad SMARTS) is 1. The number of rotatable bonds is 4. The van der Waals surface area contributed by atoms with E-state index >= 15 is 0 Å². The number of carbonyl (C=O) groups excluding carboxylic acids is 1. The van der Waals surface area contributed by atoms with Crippen LogP contribution in [0.3, 0.4) is 0 Å². The smallest absolute Gasteiger partial charge is 0.328 e. The summed E-state index contributed by atoms with van der Waals surface area (Å²) in [7, 11) is 0. The number of nitrogens with one attached hydrogen (secondary N) is 1. The van der Waals surface area contributed by atoms with Crippen LogP contribution in [0, 0.1) is 0 Å². The molecule has 0 aliphatic carbocycles. The van der Waals surface area contributed by atoms with Crippen LogP contribution in [0.5, 0.6) is 0 Å². The van der Waals surface area contributed by atoms with Gasteiger partial charge in [0, 0.05) is 12.7 Å². The molecule has 2 heterocycles. The standard InChI is InChI=1S/C14H17NO4S/c1-9-14(2,6-7-19-9)15-13(18)12-10(5-8-20-12)3-4-11(16)17/h3-5,8-9H,6-7H2,1-2H3,(H,15,18)(H,16,17)/b4-3+. The van der Waals surface area contributed by atoms with Gasteiger partial charge in [0.15, 0.2) is 0 Å². The summed E-state index contributed by atoms with van der Waals surface area (Å²) in [6.07, 6.45) is 3.20. The lowest BCUT2D eigenvalue weighted by Crippen LogP contribution is -2.50. The second-order valence-corrected chi connectivity index (χ2v) is 5.93. The average molecular weight is 295 g/mol. The van der Waals surface area contributed by atoms with Gasteiger partial charge >= 0.3 is 5.97 Å². The molecular formula is C14H17NO4S. The maximum atomic E-state index is 12.3. The molecule has 108 valence electrons. The van der Waals surface area contributed by atoms with Crippen LogP contribution in [0.2, 0.25) is 0 Å². The van der Waals surface area contributed by atoms with Gasteiger partial charge in [-0.3, -0.25) is 4.79 Å². The van der Waals surface area contributed by atoms with Crippen molar-refractivity contribution in [3.8, 4) is 0 Å². The molecule has 5 nitrogen and oxygen atoms in total.